The molecule has 0 saturated carbocycles. The maximum absolute atomic E-state index is 12.0. The highest BCUT2D eigenvalue weighted by molar-refractivity contribution is 7.89. The molecule has 18 heavy (non-hydrogen) atoms. The quantitative estimate of drug-likeness (QED) is 0.768. The first-order valence-corrected chi connectivity index (χ1v) is 6.74. The Morgan fingerprint density at radius 1 is 1.28 bits per heavy atom. The summed E-state index contributed by atoms with van der Waals surface area (Å²) in [4.78, 5) is 10.9. The Morgan fingerprint density at radius 3 is 2.83 bits per heavy atom. The maximum Gasteiger partial charge on any atom is 0.262 e. The summed E-state index contributed by atoms with van der Waals surface area (Å²) in [5, 5.41) is 0. The van der Waals surface area contributed by atoms with Gasteiger partial charge in [0.25, 0.3) is 10.0 Å². The molecule has 1 aromatic carbocycles. The molecule has 1 unspecified atom stereocenters. The van der Waals surface area contributed by atoms with Crippen LogP contribution >= 0.6 is 0 Å². The third kappa shape index (κ3) is 1.53. The number of nitrogens with one attached hydrogen (secondary N) is 1. The average molecular weight is 263 g/mol. The van der Waals surface area contributed by atoms with Gasteiger partial charge >= 0.3 is 0 Å². The average Bonchev–Trinajstić information content (AvgIpc) is 2.38. The van der Waals surface area contributed by atoms with Gasteiger partial charge in [0.15, 0.2) is 12.4 Å². The second-order valence-electron chi connectivity index (χ2n) is 3.99. The monoisotopic (exact) mass is 263 g/mol. The number of rotatable bonds is 1. The molecule has 0 bridgehead atoms. The second-order valence-corrected chi connectivity index (χ2v) is 5.65. The van der Waals surface area contributed by atoms with E-state index >= 15 is 0 Å². The molecule has 2 heterocycles. The molecular formula is C12H9NO4S. The molecule has 1 atom stereocenters. The van der Waals surface area contributed by atoms with Crippen molar-refractivity contribution in [3.63, 3.8) is 0 Å². The minimum atomic E-state index is -3.59. The number of hydrogen-bond donors (Lipinski definition) is 1. The van der Waals surface area contributed by atoms with Crippen LogP contribution in [0.25, 0.3) is 0 Å². The van der Waals surface area contributed by atoms with Crippen molar-refractivity contribution in [2.45, 2.75) is 11.0 Å². The van der Waals surface area contributed by atoms with Gasteiger partial charge in [-0.3, -0.25) is 9.52 Å². The third-order valence-electron chi connectivity index (χ3n) is 2.82. The molecular weight excluding hydrogens is 254 g/mol. The van der Waals surface area contributed by atoms with Crippen LogP contribution < -0.4 is 4.72 Å². The number of benzene rings is 1. The van der Waals surface area contributed by atoms with Crippen LogP contribution in [0.5, 0.6) is 0 Å². The summed E-state index contributed by atoms with van der Waals surface area (Å²) in [7, 11) is -3.59. The predicted octanol–water partition coefficient (Wildman–Crippen LogP) is 1.02. The van der Waals surface area contributed by atoms with Gasteiger partial charge in [-0.25, -0.2) is 8.42 Å². The van der Waals surface area contributed by atoms with E-state index in [2.05, 4.69) is 4.72 Å². The number of sulfonamides is 1. The highest BCUT2D eigenvalue weighted by Crippen LogP contribution is 2.37. The van der Waals surface area contributed by atoms with Gasteiger partial charge < -0.3 is 4.74 Å². The van der Waals surface area contributed by atoms with Crippen molar-refractivity contribution in [3.8, 4) is 0 Å². The molecule has 0 radical (unpaired) electrons. The van der Waals surface area contributed by atoms with Crippen LogP contribution in [-0.2, 0) is 19.6 Å². The van der Waals surface area contributed by atoms with E-state index < -0.39 is 16.1 Å². The van der Waals surface area contributed by atoms with Crippen molar-refractivity contribution < 1.29 is 17.9 Å². The molecule has 5 nitrogen and oxygen atoms in total. The van der Waals surface area contributed by atoms with Gasteiger partial charge in [0.1, 0.15) is 0 Å². The van der Waals surface area contributed by atoms with Gasteiger partial charge in [-0.1, -0.05) is 18.2 Å². The smallest absolute Gasteiger partial charge is 0.262 e. The Bertz CT molecular complexity index is 688. The molecule has 0 saturated heterocycles. The lowest BCUT2D eigenvalue weighted by Gasteiger charge is -2.30. The van der Waals surface area contributed by atoms with E-state index in [4.69, 9.17) is 4.74 Å². The van der Waals surface area contributed by atoms with Crippen molar-refractivity contribution in [3.05, 3.63) is 53.4 Å². The Hall–Kier alpha value is -2.08. The number of carbonyl (C=O) groups is 1. The summed E-state index contributed by atoms with van der Waals surface area (Å²) in [6.07, 6.45) is 2.91. The molecule has 0 amide bonds. The lowest BCUT2D eigenvalue weighted by atomic mass is 10.0. The van der Waals surface area contributed by atoms with E-state index in [9.17, 15) is 13.2 Å². The van der Waals surface area contributed by atoms with Gasteiger partial charge in [0.2, 0.25) is 0 Å². The lowest BCUT2D eigenvalue weighted by molar-refractivity contribution is -0.104. The Labute approximate surface area is 104 Å². The maximum atomic E-state index is 12.0. The molecule has 0 fully saturated rings. The molecule has 92 valence electrons. The first-order valence-electron chi connectivity index (χ1n) is 5.26. The predicted molar refractivity (Wildman–Crippen MR) is 62.8 cm³/mol. The molecule has 6 heteroatoms. The number of aldehydes is 1. The zero-order valence-electron chi connectivity index (χ0n) is 9.16. The van der Waals surface area contributed by atoms with E-state index in [0.717, 1.165) is 0 Å². The van der Waals surface area contributed by atoms with Crippen LogP contribution in [0.3, 0.4) is 0 Å². The molecule has 0 spiro atoms. The fourth-order valence-electron chi connectivity index (χ4n) is 2.05. The van der Waals surface area contributed by atoms with Crippen LogP contribution in [0.15, 0.2) is 52.8 Å². The first kappa shape index (κ1) is 11.0. The molecule has 1 aromatic rings. The Kier molecular flexibility index (Phi) is 2.27. The largest absolute Gasteiger partial charge is 0.486 e. The fraction of sp³-hybridized carbons (Fsp3) is 0.0833. The van der Waals surface area contributed by atoms with Crippen LogP contribution in [0.4, 0.5) is 0 Å². The van der Waals surface area contributed by atoms with Crippen LogP contribution in [0.1, 0.15) is 11.7 Å². The molecule has 3 rings (SSSR count). The highest BCUT2D eigenvalue weighted by atomic mass is 32.2. The van der Waals surface area contributed by atoms with Crippen molar-refractivity contribution in [1.82, 2.24) is 4.72 Å². The van der Waals surface area contributed by atoms with Gasteiger partial charge in [0.05, 0.1) is 22.4 Å². The SMILES string of the molecule is O=CC1=COC2C(=C1)NS(=O)(=O)c1ccccc12. The van der Waals surface area contributed by atoms with E-state index in [1.165, 1.54) is 18.4 Å². The van der Waals surface area contributed by atoms with Crippen LogP contribution in [0.2, 0.25) is 0 Å². The number of fused-ring (bicyclic) bond motifs is 3. The van der Waals surface area contributed by atoms with E-state index in [1.807, 2.05) is 0 Å². The summed E-state index contributed by atoms with van der Waals surface area (Å²) in [6, 6.07) is 6.63. The minimum Gasteiger partial charge on any atom is -0.486 e. The van der Waals surface area contributed by atoms with E-state index in [1.54, 1.807) is 18.2 Å². The normalized spacial score (nSPS) is 23.4. The summed E-state index contributed by atoms with van der Waals surface area (Å²) in [5.41, 5.74) is 1.23. The summed E-state index contributed by atoms with van der Waals surface area (Å²) >= 11 is 0. The standard InChI is InChI=1S/C12H9NO4S/c14-6-8-5-10-12(17-7-8)9-3-1-2-4-11(9)18(15,16)13-10/h1-7,12-13H. The number of hydrogen-bond acceptors (Lipinski definition) is 4. The summed E-state index contributed by atoms with van der Waals surface area (Å²) in [5.74, 6) is 0. The van der Waals surface area contributed by atoms with Crippen molar-refractivity contribution >= 4 is 16.3 Å². The number of allylic oxidation sites excluding steroid dienone is 2. The number of ether oxygens (including phenoxy) is 1. The Balaban J connectivity index is 2.20. The summed E-state index contributed by atoms with van der Waals surface area (Å²) < 4.78 is 31.9. The van der Waals surface area contributed by atoms with Crippen molar-refractivity contribution in [2.75, 3.05) is 0 Å². The van der Waals surface area contributed by atoms with E-state index in [-0.39, 0.29) is 4.90 Å². The lowest BCUT2D eigenvalue weighted by Crippen LogP contribution is -2.34. The van der Waals surface area contributed by atoms with E-state index in [0.29, 0.717) is 23.1 Å². The molecule has 2 aliphatic rings. The zero-order valence-corrected chi connectivity index (χ0v) is 9.98. The van der Waals surface area contributed by atoms with Gasteiger partial charge in [0, 0.05) is 5.56 Å². The fourth-order valence-corrected chi connectivity index (χ4v) is 3.38. The topological polar surface area (TPSA) is 72.5 Å². The van der Waals surface area contributed by atoms with Gasteiger partial charge in [-0.15, -0.1) is 0 Å². The molecule has 2 aliphatic heterocycles. The molecule has 1 N–H and O–H groups in total. The highest BCUT2D eigenvalue weighted by Gasteiger charge is 2.35. The summed E-state index contributed by atoms with van der Waals surface area (Å²) in [6.45, 7) is 0. The van der Waals surface area contributed by atoms with Crippen molar-refractivity contribution in [1.29, 1.82) is 0 Å². The second kappa shape index (κ2) is 3.71. The Morgan fingerprint density at radius 2 is 2.06 bits per heavy atom. The van der Waals surface area contributed by atoms with Crippen LogP contribution in [-0.4, -0.2) is 14.7 Å². The van der Waals surface area contributed by atoms with Crippen molar-refractivity contribution in [2.24, 2.45) is 0 Å². The first-order chi connectivity index (χ1) is 8.62. The van der Waals surface area contributed by atoms with Gasteiger partial charge in [-0.05, 0) is 12.1 Å². The molecule has 0 aliphatic carbocycles. The van der Waals surface area contributed by atoms with Gasteiger partial charge in [-0.2, -0.15) is 0 Å². The third-order valence-corrected chi connectivity index (χ3v) is 4.28. The number of carbonyl (C=O) groups excluding carboxylic acids is 1. The molecule has 0 aromatic heterocycles. The van der Waals surface area contributed by atoms with Crippen LogP contribution in [0, 0.1) is 0 Å². The zero-order chi connectivity index (χ0) is 12.8. The minimum absolute atomic E-state index is 0.204.